The van der Waals surface area contributed by atoms with Gasteiger partial charge in [0.25, 0.3) is 0 Å². The van der Waals surface area contributed by atoms with E-state index in [-0.39, 0.29) is 25.8 Å². The fraction of sp³-hybridized carbons (Fsp3) is 0.389. The Labute approximate surface area is 138 Å². The van der Waals surface area contributed by atoms with Crippen LogP contribution in [0.4, 0.5) is 13.2 Å². The fourth-order valence-corrected chi connectivity index (χ4v) is 3.24. The Morgan fingerprint density at radius 3 is 2.54 bits per heavy atom. The highest BCUT2D eigenvalue weighted by Gasteiger charge is 2.47. The molecular weight excluding hydrogens is 317 g/mol. The lowest BCUT2D eigenvalue weighted by Crippen LogP contribution is -2.57. The van der Waals surface area contributed by atoms with Crippen molar-refractivity contribution in [3.05, 3.63) is 48.0 Å². The SMILES string of the molecule is N[C@@H]1CC[C@H](C(F)(F)F)N(C(=O)Cc2ccc3ccccc3c2)C1. The predicted molar refractivity (Wildman–Crippen MR) is 86.4 cm³/mol. The Balaban J connectivity index is 1.80. The number of hydrogen-bond donors (Lipinski definition) is 1. The third kappa shape index (κ3) is 3.53. The molecule has 0 aromatic heterocycles. The van der Waals surface area contributed by atoms with E-state index in [0.29, 0.717) is 5.56 Å². The molecule has 3 nitrogen and oxygen atoms in total. The second-order valence-corrected chi connectivity index (χ2v) is 6.30. The van der Waals surface area contributed by atoms with Crippen molar-refractivity contribution in [2.45, 2.75) is 37.5 Å². The zero-order valence-corrected chi connectivity index (χ0v) is 13.1. The maximum absolute atomic E-state index is 13.2. The molecule has 1 aliphatic heterocycles. The summed E-state index contributed by atoms with van der Waals surface area (Å²) in [5, 5.41) is 1.99. The van der Waals surface area contributed by atoms with Gasteiger partial charge in [0, 0.05) is 12.6 Å². The van der Waals surface area contributed by atoms with E-state index in [2.05, 4.69) is 0 Å². The van der Waals surface area contributed by atoms with E-state index in [9.17, 15) is 18.0 Å². The van der Waals surface area contributed by atoms with Crippen molar-refractivity contribution >= 4 is 16.7 Å². The van der Waals surface area contributed by atoms with Crippen LogP contribution < -0.4 is 5.73 Å². The minimum atomic E-state index is -4.42. The molecule has 0 aliphatic carbocycles. The van der Waals surface area contributed by atoms with Gasteiger partial charge in [-0.15, -0.1) is 0 Å². The third-order valence-electron chi connectivity index (χ3n) is 4.49. The molecule has 128 valence electrons. The van der Waals surface area contributed by atoms with Crippen LogP contribution in [0.3, 0.4) is 0 Å². The molecule has 0 bridgehead atoms. The number of fused-ring (bicyclic) bond motifs is 1. The average Bonchev–Trinajstić information content (AvgIpc) is 2.53. The Morgan fingerprint density at radius 1 is 1.12 bits per heavy atom. The van der Waals surface area contributed by atoms with Gasteiger partial charge < -0.3 is 10.6 Å². The summed E-state index contributed by atoms with van der Waals surface area (Å²) in [5.74, 6) is -0.525. The number of halogens is 3. The van der Waals surface area contributed by atoms with Crippen LogP contribution in [-0.4, -0.2) is 35.6 Å². The van der Waals surface area contributed by atoms with E-state index in [1.165, 1.54) is 0 Å². The summed E-state index contributed by atoms with van der Waals surface area (Å²) in [6.07, 6.45) is -4.32. The van der Waals surface area contributed by atoms with Gasteiger partial charge in [-0.25, -0.2) is 0 Å². The number of piperidine rings is 1. The number of rotatable bonds is 2. The van der Waals surface area contributed by atoms with Crippen molar-refractivity contribution < 1.29 is 18.0 Å². The van der Waals surface area contributed by atoms with E-state index in [4.69, 9.17) is 5.73 Å². The van der Waals surface area contributed by atoms with E-state index in [1.807, 2.05) is 36.4 Å². The lowest BCUT2D eigenvalue weighted by atomic mass is 9.97. The highest BCUT2D eigenvalue weighted by molar-refractivity contribution is 5.85. The molecule has 1 amide bonds. The van der Waals surface area contributed by atoms with Gasteiger partial charge in [-0.2, -0.15) is 13.2 Å². The minimum absolute atomic E-state index is 0.0450. The van der Waals surface area contributed by atoms with Gasteiger partial charge in [-0.1, -0.05) is 42.5 Å². The number of likely N-dealkylation sites (tertiary alicyclic amines) is 1. The molecule has 2 N–H and O–H groups in total. The smallest absolute Gasteiger partial charge is 0.329 e. The number of nitrogens with zero attached hydrogens (tertiary/aromatic N) is 1. The molecule has 1 aliphatic rings. The van der Waals surface area contributed by atoms with Crippen LogP contribution in [0.5, 0.6) is 0 Å². The van der Waals surface area contributed by atoms with Crippen LogP contribution in [0, 0.1) is 0 Å². The lowest BCUT2D eigenvalue weighted by Gasteiger charge is -2.39. The molecule has 0 radical (unpaired) electrons. The maximum atomic E-state index is 13.2. The number of amides is 1. The van der Waals surface area contributed by atoms with Gasteiger partial charge in [0.05, 0.1) is 6.42 Å². The molecule has 1 heterocycles. The maximum Gasteiger partial charge on any atom is 0.408 e. The first-order chi connectivity index (χ1) is 11.3. The standard InChI is InChI=1S/C18H19F3N2O/c19-18(20,21)16-8-7-15(22)11-23(16)17(24)10-12-5-6-13-3-1-2-4-14(13)9-12/h1-6,9,15-16H,7-8,10-11,22H2/t15-,16-/m1/s1. The monoisotopic (exact) mass is 336 g/mol. The molecule has 2 aromatic rings. The van der Waals surface area contributed by atoms with Crippen LogP contribution in [0.15, 0.2) is 42.5 Å². The largest absolute Gasteiger partial charge is 0.408 e. The first-order valence-corrected chi connectivity index (χ1v) is 7.94. The second kappa shape index (κ2) is 6.43. The Bertz CT molecular complexity index is 744. The van der Waals surface area contributed by atoms with E-state index >= 15 is 0 Å². The molecule has 1 fully saturated rings. The van der Waals surface area contributed by atoms with Crippen molar-refractivity contribution in [3.8, 4) is 0 Å². The number of nitrogens with two attached hydrogens (primary N) is 1. The normalized spacial score (nSPS) is 21.9. The molecule has 0 spiro atoms. The summed E-state index contributed by atoms with van der Waals surface area (Å²) >= 11 is 0. The second-order valence-electron chi connectivity index (χ2n) is 6.30. The summed E-state index contributed by atoms with van der Waals surface area (Å²) in [4.78, 5) is 13.4. The molecule has 24 heavy (non-hydrogen) atoms. The summed E-state index contributed by atoms with van der Waals surface area (Å²) in [6.45, 7) is -0.0450. The average molecular weight is 336 g/mol. The number of benzene rings is 2. The van der Waals surface area contributed by atoms with Crippen LogP contribution >= 0.6 is 0 Å². The molecule has 3 rings (SSSR count). The van der Waals surface area contributed by atoms with Gasteiger partial charge in [0.1, 0.15) is 6.04 Å². The Morgan fingerprint density at radius 2 is 1.83 bits per heavy atom. The predicted octanol–water partition coefficient (Wildman–Crippen LogP) is 3.26. The highest BCUT2D eigenvalue weighted by atomic mass is 19.4. The fourth-order valence-electron chi connectivity index (χ4n) is 3.24. The topological polar surface area (TPSA) is 46.3 Å². The van der Waals surface area contributed by atoms with Crippen molar-refractivity contribution in [3.63, 3.8) is 0 Å². The Hall–Kier alpha value is -2.08. The number of hydrogen-bond acceptors (Lipinski definition) is 2. The Kier molecular flexibility index (Phi) is 4.49. The van der Waals surface area contributed by atoms with Crippen LogP contribution in [0.1, 0.15) is 18.4 Å². The van der Waals surface area contributed by atoms with Gasteiger partial charge >= 0.3 is 6.18 Å². The molecule has 6 heteroatoms. The molecule has 2 atom stereocenters. The van der Waals surface area contributed by atoms with Gasteiger partial charge in [0.2, 0.25) is 5.91 Å². The van der Waals surface area contributed by atoms with Crippen LogP contribution in [-0.2, 0) is 11.2 Å². The molecule has 0 saturated carbocycles. The van der Waals surface area contributed by atoms with Gasteiger partial charge in [0.15, 0.2) is 0 Å². The summed E-state index contributed by atoms with van der Waals surface area (Å²) in [7, 11) is 0. The van der Waals surface area contributed by atoms with Gasteiger partial charge in [-0.05, 0) is 29.2 Å². The highest BCUT2D eigenvalue weighted by Crippen LogP contribution is 2.32. The third-order valence-corrected chi connectivity index (χ3v) is 4.49. The first-order valence-electron chi connectivity index (χ1n) is 7.94. The van der Waals surface area contributed by atoms with Gasteiger partial charge in [-0.3, -0.25) is 4.79 Å². The zero-order chi connectivity index (χ0) is 17.3. The van der Waals surface area contributed by atoms with Crippen LogP contribution in [0.2, 0.25) is 0 Å². The minimum Gasteiger partial charge on any atom is -0.329 e. The molecule has 1 saturated heterocycles. The number of carbonyl (C=O) groups excluding carboxylic acids is 1. The van der Waals surface area contributed by atoms with Crippen molar-refractivity contribution in [2.75, 3.05) is 6.54 Å². The lowest BCUT2D eigenvalue weighted by molar-refractivity contribution is -0.196. The quantitative estimate of drug-likeness (QED) is 0.915. The molecular formula is C18H19F3N2O. The van der Waals surface area contributed by atoms with E-state index in [1.54, 1.807) is 6.07 Å². The number of alkyl halides is 3. The van der Waals surface area contributed by atoms with E-state index in [0.717, 1.165) is 15.7 Å². The van der Waals surface area contributed by atoms with E-state index < -0.39 is 24.2 Å². The van der Waals surface area contributed by atoms with Crippen molar-refractivity contribution in [2.24, 2.45) is 5.73 Å². The molecule has 2 aromatic carbocycles. The van der Waals surface area contributed by atoms with Crippen molar-refractivity contribution in [1.29, 1.82) is 0 Å². The first kappa shape index (κ1) is 16.8. The summed E-state index contributed by atoms with van der Waals surface area (Å²) in [5.41, 5.74) is 6.48. The zero-order valence-electron chi connectivity index (χ0n) is 13.1. The van der Waals surface area contributed by atoms with Crippen LogP contribution in [0.25, 0.3) is 10.8 Å². The summed E-state index contributed by atoms with van der Waals surface area (Å²) in [6, 6.07) is 11.0. The summed E-state index contributed by atoms with van der Waals surface area (Å²) < 4.78 is 39.6. The molecule has 0 unspecified atom stereocenters. The number of carbonyl (C=O) groups is 1. The van der Waals surface area contributed by atoms with Crippen molar-refractivity contribution in [1.82, 2.24) is 4.90 Å².